The van der Waals surface area contributed by atoms with E-state index in [1.165, 1.54) is 7.11 Å². The van der Waals surface area contributed by atoms with Gasteiger partial charge in [-0.2, -0.15) is 0 Å². The van der Waals surface area contributed by atoms with Crippen molar-refractivity contribution < 1.29 is 23.9 Å². The van der Waals surface area contributed by atoms with Gasteiger partial charge in [0.25, 0.3) is 11.1 Å². The van der Waals surface area contributed by atoms with E-state index in [9.17, 15) is 14.4 Å². The lowest BCUT2D eigenvalue weighted by atomic mass is 10.1. The number of carbonyl (C=O) groups excluding carboxylic acids is 3. The highest BCUT2D eigenvalue weighted by atomic mass is 79.9. The van der Waals surface area contributed by atoms with Crippen molar-refractivity contribution >= 4 is 56.5 Å². The minimum atomic E-state index is -0.514. The monoisotopic (exact) mass is 518 g/mol. The summed E-state index contributed by atoms with van der Waals surface area (Å²) >= 11 is 4.24. The van der Waals surface area contributed by atoms with Crippen molar-refractivity contribution in [2.45, 2.75) is 20.8 Å². The van der Waals surface area contributed by atoms with Gasteiger partial charge in [-0.05, 0) is 83.9 Å². The predicted molar refractivity (Wildman–Crippen MR) is 129 cm³/mol. The highest BCUT2D eigenvalue weighted by Crippen LogP contribution is 2.39. The summed E-state index contributed by atoms with van der Waals surface area (Å²) in [6.45, 7) is 5.83. The number of halogens is 1. The Morgan fingerprint density at radius 2 is 1.97 bits per heavy atom. The van der Waals surface area contributed by atoms with Gasteiger partial charge in [-0.25, -0.2) is 0 Å². The molecular formula is C23H23BrN2O5S. The van der Waals surface area contributed by atoms with Crippen LogP contribution in [-0.2, 0) is 9.59 Å². The third-order valence-electron chi connectivity index (χ3n) is 4.67. The molecule has 0 unspecified atom stereocenters. The zero-order valence-electron chi connectivity index (χ0n) is 18.2. The number of carbonyl (C=O) groups is 3. The van der Waals surface area contributed by atoms with Gasteiger partial charge in [0.15, 0.2) is 11.5 Å². The van der Waals surface area contributed by atoms with Crippen LogP contribution >= 0.6 is 27.7 Å². The summed E-state index contributed by atoms with van der Waals surface area (Å²) in [5.41, 5.74) is 3.29. The molecule has 0 saturated carbocycles. The molecule has 3 amide bonds. The number of aryl methyl sites for hydroxylation is 2. The van der Waals surface area contributed by atoms with Gasteiger partial charge in [0.2, 0.25) is 5.91 Å². The lowest BCUT2D eigenvalue weighted by molar-refractivity contribution is -0.127. The summed E-state index contributed by atoms with van der Waals surface area (Å²) < 4.78 is 11.6. The average Bonchev–Trinajstić information content (AvgIpc) is 2.99. The van der Waals surface area contributed by atoms with Gasteiger partial charge in [-0.1, -0.05) is 17.7 Å². The van der Waals surface area contributed by atoms with E-state index in [4.69, 9.17) is 9.47 Å². The lowest BCUT2D eigenvalue weighted by Gasteiger charge is -2.14. The predicted octanol–water partition coefficient (Wildman–Crippen LogP) is 5.15. The van der Waals surface area contributed by atoms with Crippen molar-refractivity contribution in [1.82, 2.24) is 4.90 Å². The van der Waals surface area contributed by atoms with E-state index in [2.05, 4.69) is 21.2 Å². The highest BCUT2D eigenvalue weighted by Gasteiger charge is 2.36. The summed E-state index contributed by atoms with van der Waals surface area (Å²) in [6, 6.07) is 9.12. The average molecular weight is 519 g/mol. The maximum Gasteiger partial charge on any atom is 0.294 e. The number of nitrogens with one attached hydrogen (secondary N) is 1. The first-order valence-electron chi connectivity index (χ1n) is 9.86. The molecule has 0 atom stereocenters. The molecule has 1 N–H and O–H groups in total. The Bertz CT molecular complexity index is 1120. The number of hydrogen-bond acceptors (Lipinski definition) is 6. The van der Waals surface area contributed by atoms with E-state index in [-0.39, 0.29) is 11.4 Å². The van der Waals surface area contributed by atoms with E-state index in [0.29, 0.717) is 33.8 Å². The number of imide groups is 1. The van der Waals surface area contributed by atoms with Gasteiger partial charge in [-0.3, -0.25) is 19.3 Å². The van der Waals surface area contributed by atoms with Crippen molar-refractivity contribution in [3.05, 3.63) is 56.4 Å². The number of ether oxygens (including phenoxy) is 2. The molecule has 168 valence electrons. The molecule has 32 heavy (non-hydrogen) atoms. The Balaban J connectivity index is 1.76. The van der Waals surface area contributed by atoms with Crippen molar-refractivity contribution in [3.63, 3.8) is 0 Å². The van der Waals surface area contributed by atoms with Gasteiger partial charge < -0.3 is 14.8 Å². The molecule has 1 aliphatic heterocycles. The number of amides is 3. The smallest absolute Gasteiger partial charge is 0.294 e. The molecule has 0 bridgehead atoms. The third kappa shape index (κ3) is 5.34. The van der Waals surface area contributed by atoms with Crippen LogP contribution < -0.4 is 14.8 Å². The van der Waals surface area contributed by atoms with Gasteiger partial charge >= 0.3 is 0 Å². The fraction of sp³-hybridized carbons (Fsp3) is 0.261. The molecule has 1 heterocycles. The summed E-state index contributed by atoms with van der Waals surface area (Å²) in [7, 11) is 1.52. The molecule has 3 rings (SSSR count). The van der Waals surface area contributed by atoms with Crippen LogP contribution in [0.25, 0.3) is 6.08 Å². The topological polar surface area (TPSA) is 84.9 Å². The number of rotatable bonds is 7. The van der Waals surface area contributed by atoms with Crippen LogP contribution in [0.15, 0.2) is 39.7 Å². The number of hydrogen-bond donors (Lipinski definition) is 1. The van der Waals surface area contributed by atoms with Crippen molar-refractivity contribution in [1.29, 1.82) is 0 Å². The van der Waals surface area contributed by atoms with Gasteiger partial charge in [0.05, 0.1) is 23.1 Å². The zero-order chi connectivity index (χ0) is 23.4. The first-order chi connectivity index (χ1) is 15.2. The third-order valence-corrected chi connectivity index (χ3v) is 6.17. The first kappa shape index (κ1) is 23.9. The van der Waals surface area contributed by atoms with Crippen LogP contribution in [-0.4, -0.2) is 42.2 Å². The van der Waals surface area contributed by atoms with E-state index < -0.39 is 17.1 Å². The van der Waals surface area contributed by atoms with E-state index in [0.717, 1.165) is 27.8 Å². The summed E-state index contributed by atoms with van der Waals surface area (Å²) in [5.74, 6) is 0.105. The molecule has 1 fully saturated rings. The fourth-order valence-electron chi connectivity index (χ4n) is 3.18. The Kier molecular flexibility index (Phi) is 7.63. The minimum absolute atomic E-state index is 0.229. The largest absolute Gasteiger partial charge is 0.493 e. The Morgan fingerprint density at radius 1 is 1.22 bits per heavy atom. The van der Waals surface area contributed by atoms with Crippen LogP contribution in [0.4, 0.5) is 10.5 Å². The molecule has 0 aromatic heterocycles. The molecule has 1 saturated heterocycles. The summed E-state index contributed by atoms with van der Waals surface area (Å²) in [4.78, 5) is 38.8. The first-order valence-corrected chi connectivity index (χ1v) is 11.5. The van der Waals surface area contributed by atoms with Gasteiger partial charge in [0, 0.05) is 5.69 Å². The van der Waals surface area contributed by atoms with E-state index in [1.807, 2.05) is 32.9 Å². The Morgan fingerprint density at radius 3 is 2.62 bits per heavy atom. The number of benzene rings is 2. The number of anilines is 1. The maximum absolute atomic E-state index is 12.8. The van der Waals surface area contributed by atoms with Gasteiger partial charge in [-0.15, -0.1) is 0 Å². The molecule has 2 aromatic carbocycles. The zero-order valence-corrected chi connectivity index (χ0v) is 20.6. The summed E-state index contributed by atoms with van der Waals surface area (Å²) in [6.07, 6.45) is 1.59. The lowest BCUT2D eigenvalue weighted by Crippen LogP contribution is -2.36. The van der Waals surface area contributed by atoms with E-state index >= 15 is 0 Å². The second-order valence-electron chi connectivity index (χ2n) is 7.10. The quantitative estimate of drug-likeness (QED) is 0.510. The second-order valence-corrected chi connectivity index (χ2v) is 8.95. The number of methoxy groups -OCH3 is 1. The molecule has 9 heteroatoms. The van der Waals surface area contributed by atoms with Crippen LogP contribution in [0.5, 0.6) is 11.5 Å². The molecule has 7 nitrogen and oxygen atoms in total. The molecular weight excluding hydrogens is 496 g/mol. The Hall–Kier alpha value is -2.78. The standard InChI is InChI=1S/C23H23BrN2O5S/c1-5-31-21-16(24)9-15(10-18(21)30-4)11-19-22(28)26(23(29)32-19)12-20(27)25-17-7-6-13(2)8-14(17)3/h6-11H,5,12H2,1-4H3,(H,25,27)/b19-11+. The molecule has 2 aromatic rings. The highest BCUT2D eigenvalue weighted by molar-refractivity contribution is 9.10. The summed E-state index contributed by atoms with van der Waals surface area (Å²) in [5, 5.41) is 2.27. The van der Waals surface area contributed by atoms with Gasteiger partial charge in [0.1, 0.15) is 6.54 Å². The minimum Gasteiger partial charge on any atom is -0.493 e. The molecule has 0 spiro atoms. The molecule has 1 aliphatic rings. The van der Waals surface area contributed by atoms with Crippen LogP contribution in [0.2, 0.25) is 0 Å². The van der Waals surface area contributed by atoms with Crippen LogP contribution in [0.1, 0.15) is 23.6 Å². The Labute approximate surface area is 199 Å². The normalized spacial score (nSPS) is 14.8. The van der Waals surface area contributed by atoms with E-state index in [1.54, 1.807) is 24.3 Å². The van der Waals surface area contributed by atoms with Crippen molar-refractivity contribution in [2.24, 2.45) is 0 Å². The molecule has 0 aliphatic carbocycles. The van der Waals surface area contributed by atoms with Crippen LogP contribution in [0.3, 0.4) is 0 Å². The van der Waals surface area contributed by atoms with Crippen molar-refractivity contribution in [2.75, 3.05) is 25.6 Å². The van der Waals surface area contributed by atoms with Crippen LogP contribution in [0, 0.1) is 13.8 Å². The second kappa shape index (κ2) is 10.2. The number of thioether (sulfide) groups is 1. The molecule has 0 radical (unpaired) electrons. The SMILES string of the molecule is CCOc1c(Br)cc(/C=C2/SC(=O)N(CC(=O)Nc3ccc(C)cc3C)C2=O)cc1OC. The maximum atomic E-state index is 12.8. The number of nitrogens with zero attached hydrogens (tertiary/aromatic N) is 1. The van der Waals surface area contributed by atoms with Crippen molar-refractivity contribution in [3.8, 4) is 11.5 Å². The fourth-order valence-corrected chi connectivity index (χ4v) is 4.59.